The molecule has 0 radical (unpaired) electrons. The zero-order chi connectivity index (χ0) is 24.7. The maximum absolute atomic E-state index is 13.6. The van der Waals surface area contributed by atoms with Crippen LogP contribution in [0.15, 0.2) is 23.1 Å². The minimum Gasteiger partial charge on any atom is -0.383 e. The van der Waals surface area contributed by atoms with Crippen molar-refractivity contribution in [3.63, 3.8) is 0 Å². The number of nitrogens with zero attached hydrogens (tertiary/aromatic N) is 2. The average Bonchev–Trinajstić information content (AvgIpc) is 3.28. The van der Waals surface area contributed by atoms with Crippen molar-refractivity contribution in [1.82, 2.24) is 14.5 Å². The summed E-state index contributed by atoms with van der Waals surface area (Å²) >= 11 is 0. The van der Waals surface area contributed by atoms with Crippen LogP contribution in [0.25, 0.3) is 0 Å². The van der Waals surface area contributed by atoms with E-state index in [2.05, 4.69) is 31.4 Å². The minimum atomic E-state index is -3.77. The zero-order valence-electron chi connectivity index (χ0n) is 21.2. The van der Waals surface area contributed by atoms with E-state index in [-0.39, 0.29) is 27.7 Å². The molecular weight excluding hydrogens is 452 g/mol. The molecule has 3 atom stereocenters. The Morgan fingerprint density at radius 1 is 1.21 bits per heavy atom. The standard InChI is InChI=1S/C25H40N4O4S/c1-24(2)19-8-9-25(3,17-19)23(24)27-22(30)18-6-7-20(26-10-11-28(4)5)21(16-18)34(31,32)29-12-14-33-15-13-29/h6-7,16,19,23,26H,8-15,17H2,1-5H3,(H,27,30)/t19-,23?,25?/m1/s1. The number of rotatable bonds is 8. The molecule has 1 amide bonds. The number of morpholine rings is 1. The molecule has 2 unspecified atom stereocenters. The molecule has 1 heterocycles. The van der Waals surface area contributed by atoms with Gasteiger partial charge in [0.05, 0.1) is 18.9 Å². The molecule has 2 N–H and O–H groups in total. The highest BCUT2D eigenvalue weighted by atomic mass is 32.2. The molecule has 8 nitrogen and oxygen atoms in total. The number of amides is 1. The summed E-state index contributed by atoms with van der Waals surface area (Å²) in [6, 6.07) is 5.07. The molecule has 0 spiro atoms. The number of ether oxygens (including phenoxy) is 1. The molecule has 1 aromatic carbocycles. The number of fused-ring (bicyclic) bond motifs is 2. The molecule has 0 aromatic heterocycles. The Hall–Kier alpha value is -1.68. The second-order valence-corrected chi connectivity index (χ2v) is 13.2. The van der Waals surface area contributed by atoms with Gasteiger partial charge in [-0.15, -0.1) is 0 Å². The molecule has 4 rings (SSSR count). The fourth-order valence-corrected chi connectivity index (χ4v) is 7.84. The summed E-state index contributed by atoms with van der Waals surface area (Å²) in [5.74, 6) is 0.411. The lowest BCUT2D eigenvalue weighted by atomic mass is 9.68. The number of sulfonamides is 1. The molecule has 2 bridgehead atoms. The molecule has 2 aliphatic carbocycles. The first-order chi connectivity index (χ1) is 15.9. The van der Waals surface area contributed by atoms with E-state index in [1.54, 1.807) is 18.2 Å². The summed E-state index contributed by atoms with van der Waals surface area (Å²) in [6.07, 6.45) is 3.47. The number of nitrogens with one attached hydrogen (secondary N) is 2. The molecule has 1 saturated heterocycles. The van der Waals surface area contributed by atoms with Crippen molar-refractivity contribution in [2.75, 3.05) is 58.8 Å². The highest BCUT2D eigenvalue weighted by Crippen LogP contribution is 2.62. The minimum absolute atomic E-state index is 0.0268. The van der Waals surface area contributed by atoms with E-state index < -0.39 is 10.0 Å². The van der Waals surface area contributed by atoms with Gasteiger partial charge in [0.25, 0.3) is 5.91 Å². The van der Waals surface area contributed by atoms with E-state index >= 15 is 0 Å². The fraction of sp³-hybridized carbons (Fsp3) is 0.720. The van der Waals surface area contributed by atoms with Crippen LogP contribution >= 0.6 is 0 Å². The molecule has 9 heteroatoms. The van der Waals surface area contributed by atoms with Crippen molar-refractivity contribution in [1.29, 1.82) is 0 Å². The Morgan fingerprint density at radius 3 is 2.53 bits per heavy atom. The maximum Gasteiger partial charge on any atom is 0.251 e. The first-order valence-electron chi connectivity index (χ1n) is 12.4. The van der Waals surface area contributed by atoms with Crippen LogP contribution in [0.1, 0.15) is 50.4 Å². The smallest absolute Gasteiger partial charge is 0.251 e. The molecule has 34 heavy (non-hydrogen) atoms. The van der Waals surface area contributed by atoms with Crippen molar-refractivity contribution < 1.29 is 17.9 Å². The zero-order valence-corrected chi connectivity index (χ0v) is 22.0. The maximum atomic E-state index is 13.6. The van der Waals surface area contributed by atoms with Gasteiger partial charge in [-0.05, 0) is 68.3 Å². The second-order valence-electron chi connectivity index (χ2n) is 11.3. The number of likely N-dealkylation sites (N-methyl/N-ethyl adjacent to an activating group) is 1. The third-order valence-corrected chi connectivity index (χ3v) is 10.2. The van der Waals surface area contributed by atoms with Gasteiger partial charge in [-0.25, -0.2) is 8.42 Å². The first-order valence-corrected chi connectivity index (χ1v) is 13.8. The Morgan fingerprint density at radius 2 is 1.91 bits per heavy atom. The van der Waals surface area contributed by atoms with Crippen LogP contribution in [0.5, 0.6) is 0 Å². The lowest BCUT2D eigenvalue weighted by Gasteiger charge is -2.43. The van der Waals surface area contributed by atoms with Gasteiger partial charge in [0.2, 0.25) is 10.0 Å². The summed E-state index contributed by atoms with van der Waals surface area (Å²) in [6.45, 7) is 9.50. The normalized spacial score (nSPS) is 28.9. The van der Waals surface area contributed by atoms with Gasteiger partial charge in [0.15, 0.2) is 0 Å². The van der Waals surface area contributed by atoms with Crippen molar-refractivity contribution in [3.05, 3.63) is 23.8 Å². The van der Waals surface area contributed by atoms with Crippen molar-refractivity contribution >= 4 is 21.6 Å². The fourth-order valence-electron chi connectivity index (χ4n) is 6.24. The molecule has 3 aliphatic rings. The number of carbonyl (C=O) groups excluding carboxylic acids is 1. The molecule has 1 aromatic rings. The molecule has 190 valence electrons. The van der Waals surface area contributed by atoms with Crippen LogP contribution in [0.3, 0.4) is 0 Å². The van der Waals surface area contributed by atoms with Gasteiger partial charge in [0.1, 0.15) is 4.90 Å². The summed E-state index contributed by atoms with van der Waals surface area (Å²) in [7, 11) is 0.168. The van der Waals surface area contributed by atoms with Gasteiger partial charge in [-0.1, -0.05) is 20.8 Å². The van der Waals surface area contributed by atoms with Gasteiger partial charge in [-0.2, -0.15) is 4.31 Å². The van der Waals surface area contributed by atoms with E-state index in [1.807, 2.05) is 19.0 Å². The van der Waals surface area contributed by atoms with Crippen LogP contribution in [0.4, 0.5) is 5.69 Å². The van der Waals surface area contributed by atoms with Crippen LogP contribution in [0, 0.1) is 16.7 Å². The van der Waals surface area contributed by atoms with E-state index in [9.17, 15) is 13.2 Å². The lowest BCUT2D eigenvalue weighted by molar-refractivity contribution is 0.0729. The number of hydrogen-bond acceptors (Lipinski definition) is 6. The third kappa shape index (κ3) is 4.72. The Kier molecular flexibility index (Phi) is 7.03. The largest absolute Gasteiger partial charge is 0.383 e. The Labute approximate surface area is 204 Å². The predicted molar refractivity (Wildman–Crippen MR) is 134 cm³/mol. The van der Waals surface area contributed by atoms with E-state index in [0.717, 1.165) is 19.4 Å². The molecule has 3 fully saturated rings. The third-order valence-electron chi connectivity index (χ3n) is 8.25. The number of hydrogen-bond donors (Lipinski definition) is 2. The average molecular weight is 493 g/mol. The molecular formula is C25H40N4O4S. The highest BCUT2D eigenvalue weighted by Gasteiger charge is 2.59. The van der Waals surface area contributed by atoms with Crippen molar-refractivity contribution in [2.45, 2.75) is 51.0 Å². The number of benzene rings is 1. The van der Waals surface area contributed by atoms with Crippen molar-refractivity contribution in [3.8, 4) is 0 Å². The van der Waals surface area contributed by atoms with E-state index in [1.165, 1.54) is 10.7 Å². The molecule has 2 saturated carbocycles. The molecule has 1 aliphatic heterocycles. The van der Waals surface area contributed by atoms with Gasteiger partial charge >= 0.3 is 0 Å². The Balaban J connectivity index is 1.62. The van der Waals surface area contributed by atoms with Gasteiger partial charge in [-0.3, -0.25) is 4.79 Å². The predicted octanol–water partition coefficient (Wildman–Crippen LogP) is 2.63. The number of anilines is 1. The van der Waals surface area contributed by atoms with Crippen LogP contribution < -0.4 is 10.6 Å². The van der Waals surface area contributed by atoms with E-state index in [0.29, 0.717) is 50.0 Å². The SMILES string of the molecule is CN(C)CCNc1ccc(C(=O)NC2C3(C)CC[C@H](C3)C2(C)C)cc1S(=O)(=O)N1CCOCC1. The summed E-state index contributed by atoms with van der Waals surface area (Å²) < 4.78 is 33.9. The second kappa shape index (κ2) is 9.41. The van der Waals surface area contributed by atoms with Crippen LogP contribution in [-0.4, -0.2) is 83.1 Å². The monoisotopic (exact) mass is 492 g/mol. The van der Waals surface area contributed by atoms with E-state index in [4.69, 9.17) is 4.74 Å². The lowest BCUT2D eigenvalue weighted by Crippen LogP contribution is -2.52. The summed E-state index contributed by atoms with van der Waals surface area (Å²) in [4.78, 5) is 15.6. The van der Waals surface area contributed by atoms with Crippen LogP contribution in [0.2, 0.25) is 0 Å². The van der Waals surface area contributed by atoms with Gasteiger partial charge < -0.3 is 20.3 Å². The quantitative estimate of drug-likeness (QED) is 0.580. The summed E-state index contributed by atoms with van der Waals surface area (Å²) in [5, 5.41) is 6.56. The highest BCUT2D eigenvalue weighted by molar-refractivity contribution is 7.89. The first kappa shape index (κ1) is 25.4. The Bertz CT molecular complexity index is 1010. The number of carbonyl (C=O) groups is 1. The van der Waals surface area contributed by atoms with Gasteiger partial charge in [0, 0.05) is 37.8 Å². The topological polar surface area (TPSA) is 91.0 Å². The van der Waals surface area contributed by atoms with Crippen molar-refractivity contribution in [2.24, 2.45) is 16.7 Å². The summed E-state index contributed by atoms with van der Waals surface area (Å²) in [5.41, 5.74) is 1.03. The van der Waals surface area contributed by atoms with Crippen LogP contribution in [-0.2, 0) is 14.8 Å².